The van der Waals surface area contributed by atoms with E-state index in [1.807, 2.05) is 20.8 Å². The van der Waals surface area contributed by atoms with Crippen molar-refractivity contribution in [1.29, 1.82) is 0 Å². The molecule has 4 heterocycles. The van der Waals surface area contributed by atoms with Crippen molar-refractivity contribution in [2.24, 2.45) is 0 Å². The number of ether oxygens (including phenoxy) is 2. The van der Waals surface area contributed by atoms with Gasteiger partial charge in [-0.2, -0.15) is 18.3 Å². The van der Waals surface area contributed by atoms with Crippen LogP contribution < -0.4 is 15.7 Å². The Labute approximate surface area is 230 Å². The maximum absolute atomic E-state index is 15.1. The van der Waals surface area contributed by atoms with Crippen LogP contribution in [0.4, 0.5) is 23.2 Å². The molecule has 2 aromatic carbocycles. The van der Waals surface area contributed by atoms with Crippen molar-refractivity contribution in [2.45, 2.75) is 45.3 Å². The van der Waals surface area contributed by atoms with Crippen LogP contribution in [0, 0.1) is 12.7 Å². The van der Waals surface area contributed by atoms with E-state index in [1.54, 1.807) is 24.3 Å². The van der Waals surface area contributed by atoms with E-state index in [4.69, 9.17) is 9.47 Å². The number of rotatable bonds is 7. The monoisotopic (exact) mass is 568 g/mol. The summed E-state index contributed by atoms with van der Waals surface area (Å²) in [4.78, 5) is 19.1. The van der Waals surface area contributed by atoms with Gasteiger partial charge in [0.1, 0.15) is 11.6 Å². The number of fused-ring (bicyclic) bond motifs is 1. The van der Waals surface area contributed by atoms with Gasteiger partial charge >= 0.3 is 11.9 Å². The van der Waals surface area contributed by atoms with Gasteiger partial charge in [-0.3, -0.25) is 9.55 Å². The van der Waals surface area contributed by atoms with Gasteiger partial charge in [0.05, 0.1) is 11.9 Å². The summed E-state index contributed by atoms with van der Waals surface area (Å²) in [6.45, 7) is 5.49. The fraction of sp³-hybridized carbons (Fsp3) is 0.250. The van der Waals surface area contributed by atoms with E-state index < -0.39 is 30.0 Å². The number of benzene rings is 2. The number of nitrogens with one attached hydrogen (secondary N) is 2. The second-order valence-electron chi connectivity index (χ2n) is 9.96. The summed E-state index contributed by atoms with van der Waals surface area (Å²) < 4.78 is 70.9. The molecule has 2 atom stereocenters. The fourth-order valence-corrected chi connectivity index (χ4v) is 4.75. The molecule has 1 aliphatic heterocycles. The normalized spacial score (nSPS) is 16.9. The minimum atomic E-state index is -4.68. The van der Waals surface area contributed by atoms with Crippen LogP contribution in [0.15, 0.2) is 65.7 Å². The van der Waals surface area contributed by atoms with Gasteiger partial charge in [-0.25, -0.2) is 18.9 Å². The Hall–Kier alpha value is -4.65. The van der Waals surface area contributed by atoms with Crippen LogP contribution >= 0.6 is 0 Å². The number of hydrogen-bond acceptors (Lipinski definition) is 6. The van der Waals surface area contributed by atoms with Crippen molar-refractivity contribution < 1.29 is 27.0 Å². The van der Waals surface area contributed by atoms with Crippen LogP contribution in [0.3, 0.4) is 0 Å². The zero-order valence-electron chi connectivity index (χ0n) is 22.0. The number of aryl methyl sites for hydroxylation is 1. The SMILES string of the molecule is Cc1ccc(-n2ncc(C3OC3Nc3ccc(Oc4ccnc5[nH]c(=O)n(C(C)C)c45)c(F)c3)c2C(F)(F)F)cc1. The van der Waals surface area contributed by atoms with Crippen LogP contribution in [0.5, 0.6) is 11.5 Å². The van der Waals surface area contributed by atoms with Crippen LogP contribution in [-0.4, -0.2) is 30.5 Å². The predicted octanol–water partition coefficient (Wildman–Crippen LogP) is 6.26. The first-order valence-corrected chi connectivity index (χ1v) is 12.7. The number of alkyl halides is 3. The summed E-state index contributed by atoms with van der Waals surface area (Å²) in [5, 5.41) is 6.88. The number of nitrogens with zero attached hydrogens (tertiary/aromatic N) is 4. The molecule has 0 bridgehead atoms. The highest BCUT2D eigenvalue weighted by molar-refractivity contribution is 5.78. The van der Waals surface area contributed by atoms with Gasteiger partial charge in [0.15, 0.2) is 34.9 Å². The molecule has 1 aliphatic rings. The summed E-state index contributed by atoms with van der Waals surface area (Å²) >= 11 is 0. The van der Waals surface area contributed by atoms with Gasteiger partial charge in [0.25, 0.3) is 0 Å². The molecule has 2 N–H and O–H groups in total. The number of H-pyrrole nitrogens is 1. The van der Waals surface area contributed by atoms with Crippen LogP contribution in [0.25, 0.3) is 16.9 Å². The van der Waals surface area contributed by atoms with E-state index in [9.17, 15) is 18.0 Å². The van der Waals surface area contributed by atoms with E-state index in [0.717, 1.165) is 22.5 Å². The van der Waals surface area contributed by atoms with E-state index in [1.165, 1.54) is 29.0 Å². The summed E-state index contributed by atoms with van der Waals surface area (Å²) in [6.07, 6.45) is -3.86. The quantitative estimate of drug-likeness (QED) is 0.178. The van der Waals surface area contributed by atoms with Crippen molar-refractivity contribution in [2.75, 3.05) is 5.32 Å². The van der Waals surface area contributed by atoms with Gasteiger partial charge in [-0.05, 0) is 45.0 Å². The molecule has 9 nitrogen and oxygen atoms in total. The summed E-state index contributed by atoms with van der Waals surface area (Å²) in [5.74, 6) is -0.606. The maximum Gasteiger partial charge on any atom is 0.433 e. The second kappa shape index (κ2) is 9.77. The highest BCUT2D eigenvalue weighted by Crippen LogP contribution is 2.46. The Morgan fingerprint density at radius 2 is 1.85 bits per heavy atom. The highest BCUT2D eigenvalue weighted by atomic mass is 19.4. The first-order valence-electron chi connectivity index (χ1n) is 12.7. The first kappa shape index (κ1) is 26.6. The van der Waals surface area contributed by atoms with Crippen molar-refractivity contribution >= 4 is 16.9 Å². The lowest BCUT2D eigenvalue weighted by Crippen LogP contribution is -2.18. The van der Waals surface area contributed by atoms with Crippen molar-refractivity contribution in [1.82, 2.24) is 24.3 Å². The van der Waals surface area contributed by atoms with Crippen LogP contribution in [-0.2, 0) is 10.9 Å². The molecule has 0 saturated carbocycles. The number of epoxide rings is 1. The number of pyridine rings is 1. The lowest BCUT2D eigenvalue weighted by atomic mass is 10.1. The minimum Gasteiger partial charge on any atom is -0.452 e. The molecule has 0 amide bonds. The number of anilines is 1. The Morgan fingerprint density at radius 1 is 1.10 bits per heavy atom. The number of halogens is 4. The summed E-state index contributed by atoms with van der Waals surface area (Å²) in [7, 11) is 0. The van der Waals surface area contributed by atoms with Gasteiger partial charge in [0, 0.05) is 35.6 Å². The van der Waals surface area contributed by atoms with Crippen molar-refractivity contribution in [3.8, 4) is 17.2 Å². The largest absolute Gasteiger partial charge is 0.452 e. The number of imidazole rings is 1. The van der Waals surface area contributed by atoms with E-state index >= 15 is 4.39 Å². The highest BCUT2D eigenvalue weighted by Gasteiger charge is 2.49. The van der Waals surface area contributed by atoms with E-state index in [0.29, 0.717) is 11.2 Å². The lowest BCUT2D eigenvalue weighted by molar-refractivity contribution is -0.143. The average molecular weight is 569 g/mol. The molecule has 0 aliphatic carbocycles. The lowest BCUT2D eigenvalue weighted by Gasteiger charge is -2.13. The molecule has 0 spiro atoms. The predicted molar refractivity (Wildman–Crippen MR) is 142 cm³/mol. The Kier molecular flexibility index (Phi) is 6.33. The molecule has 13 heteroatoms. The summed E-state index contributed by atoms with van der Waals surface area (Å²) in [6, 6.07) is 11.9. The van der Waals surface area contributed by atoms with E-state index in [2.05, 4.69) is 20.4 Å². The smallest absolute Gasteiger partial charge is 0.433 e. The molecule has 41 heavy (non-hydrogen) atoms. The van der Waals surface area contributed by atoms with Crippen LogP contribution in [0.1, 0.15) is 42.8 Å². The van der Waals surface area contributed by atoms with E-state index in [-0.39, 0.29) is 40.2 Å². The zero-order chi connectivity index (χ0) is 29.1. The first-order chi connectivity index (χ1) is 19.5. The number of hydrogen-bond donors (Lipinski definition) is 2. The maximum atomic E-state index is 15.1. The van der Waals surface area contributed by atoms with Gasteiger partial charge in [-0.15, -0.1) is 0 Å². The number of aromatic nitrogens is 5. The third kappa shape index (κ3) is 4.92. The van der Waals surface area contributed by atoms with Crippen molar-refractivity contribution in [3.63, 3.8) is 0 Å². The molecule has 212 valence electrons. The number of aromatic amines is 1. The Bertz CT molecular complexity index is 1810. The fourth-order valence-electron chi connectivity index (χ4n) is 4.75. The Morgan fingerprint density at radius 3 is 2.54 bits per heavy atom. The third-order valence-corrected chi connectivity index (χ3v) is 6.69. The molecular weight excluding hydrogens is 544 g/mol. The average Bonchev–Trinajstić information content (AvgIpc) is 3.34. The molecule has 5 aromatic rings. The van der Waals surface area contributed by atoms with Crippen molar-refractivity contribution in [3.05, 3.63) is 94.0 Å². The van der Waals surface area contributed by atoms with Crippen LogP contribution in [0.2, 0.25) is 0 Å². The molecule has 6 rings (SSSR count). The topological polar surface area (TPSA) is 102 Å². The van der Waals surface area contributed by atoms with Gasteiger partial charge in [-0.1, -0.05) is 17.7 Å². The zero-order valence-corrected chi connectivity index (χ0v) is 22.0. The minimum absolute atomic E-state index is 0.112. The standard InChI is InChI=1S/C28H24F4N6O3/c1-14(2)37-22-21(10-11-33-25(22)36-27(37)39)40-20-9-6-16(12-19(20)29)35-26-23(41-26)18-13-34-38(24(18)28(30,31)32)17-7-4-15(3)5-8-17/h4-14,23,26,35H,1-3H3,(H,33,36,39). The molecule has 0 radical (unpaired) electrons. The Balaban J connectivity index is 1.21. The second-order valence-corrected chi connectivity index (χ2v) is 9.96. The molecule has 3 aromatic heterocycles. The molecule has 1 saturated heterocycles. The van der Waals surface area contributed by atoms with Gasteiger partial charge in [0.2, 0.25) is 0 Å². The molecular formula is C28H24F4N6O3. The molecule has 1 fully saturated rings. The third-order valence-electron chi connectivity index (χ3n) is 6.69. The molecule has 2 unspecified atom stereocenters. The summed E-state index contributed by atoms with van der Waals surface area (Å²) in [5.41, 5.74) is 0.740. The van der Waals surface area contributed by atoms with Gasteiger partial charge < -0.3 is 14.8 Å².